The summed E-state index contributed by atoms with van der Waals surface area (Å²) in [6.45, 7) is 0. The molecule has 3 aromatic carbocycles. The maximum Gasteiger partial charge on any atom is 0.181 e. The third kappa shape index (κ3) is 2.92. The molecule has 1 saturated heterocycles. The molecule has 3 aromatic rings. The second-order valence-corrected chi connectivity index (χ2v) is 5.81. The Hall–Kier alpha value is -2.62. The number of nitrogens with zero attached hydrogens (tertiary/aromatic N) is 1. The molecule has 1 fully saturated rings. The molecule has 0 N–H and O–H groups in total. The van der Waals surface area contributed by atoms with Crippen molar-refractivity contribution in [2.24, 2.45) is 0 Å². The summed E-state index contributed by atoms with van der Waals surface area (Å²) in [6.07, 6.45) is -0.0266. The van der Waals surface area contributed by atoms with Crippen LogP contribution in [0.1, 0.15) is 29.0 Å². The van der Waals surface area contributed by atoms with Crippen LogP contribution in [-0.2, 0) is 4.84 Å². The molecule has 1 heterocycles. The summed E-state index contributed by atoms with van der Waals surface area (Å²) < 4.78 is 5.23. The molecule has 1 aliphatic heterocycles. The first-order chi connectivity index (χ1) is 11.9. The van der Waals surface area contributed by atoms with E-state index in [0.29, 0.717) is 0 Å². The van der Waals surface area contributed by atoms with E-state index in [0.717, 1.165) is 11.3 Å². The van der Waals surface area contributed by atoms with E-state index in [9.17, 15) is 0 Å². The van der Waals surface area contributed by atoms with Gasteiger partial charge in [0, 0.05) is 0 Å². The molecule has 0 aromatic heterocycles. The molecule has 4 rings (SSSR count). The highest BCUT2D eigenvalue weighted by Crippen LogP contribution is 2.47. The minimum Gasteiger partial charge on any atom is -0.497 e. The normalized spacial score (nSPS) is 19.2. The standard InChI is InChI=1S/C21H19NO2/c1-23-19-14-12-18(13-15-19)21-22(24-21)20(16-8-4-2-5-9-16)17-10-6-3-7-11-17/h2-15,20-21H,1H3. The lowest BCUT2D eigenvalue weighted by Gasteiger charge is -2.17. The van der Waals surface area contributed by atoms with Crippen LogP contribution in [-0.4, -0.2) is 12.2 Å². The van der Waals surface area contributed by atoms with Crippen LogP contribution in [0.4, 0.5) is 0 Å². The summed E-state index contributed by atoms with van der Waals surface area (Å²) in [5.74, 6) is 0.855. The van der Waals surface area contributed by atoms with E-state index in [1.165, 1.54) is 11.1 Å². The smallest absolute Gasteiger partial charge is 0.181 e. The summed E-state index contributed by atoms with van der Waals surface area (Å²) in [5.41, 5.74) is 3.58. The fraction of sp³-hybridized carbons (Fsp3) is 0.143. The second-order valence-electron chi connectivity index (χ2n) is 5.81. The average Bonchev–Trinajstić information content (AvgIpc) is 3.44. The molecule has 0 radical (unpaired) electrons. The molecule has 0 amide bonds. The van der Waals surface area contributed by atoms with Gasteiger partial charge in [0.1, 0.15) is 5.75 Å². The predicted molar refractivity (Wildman–Crippen MR) is 93.4 cm³/mol. The van der Waals surface area contributed by atoms with Crippen molar-refractivity contribution in [3.63, 3.8) is 0 Å². The van der Waals surface area contributed by atoms with E-state index in [1.807, 2.05) is 29.3 Å². The summed E-state index contributed by atoms with van der Waals surface area (Å²) in [5, 5.41) is 2.05. The molecule has 24 heavy (non-hydrogen) atoms. The Labute approximate surface area is 142 Å². The Morgan fingerprint density at radius 2 is 1.33 bits per heavy atom. The monoisotopic (exact) mass is 317 g/mol. The van der Waals surface area contributed by atoms with Crippen LogP contribution in [0.2, 0.25) is 0 Å². The molecule has 120 valence electrons. The average molecular weight is 317 g/mol. The van der Waals surface area contributed by atoms with Gasteiger partial charge >= 0.3 is 0 Å². The van der Waals surface area contributed by atoms with Crippen molar-refractivity contribution in [2.45, 2.75) is 12.3 Å². The van der Waals surface area contributed by atoms with E-state index < -0.39 is 0 Å². The van der Waals surface area contributed by atoms with Gasteiger partial charge in [-0.3, -0.25) is 4.84 Å². The van der Waals surface area contributed by atoms with Gasteiger partial charge in [-0.25, -0.2) is 0 Å². The maximum absolute atomic E-state index is 5.94. The summed E-state index contributed by atoms with van der Waals surface area (Å²) in [4.78, 5) is 5.94. The minimum absolute atomic E-state index is 0.0266. The Bertz CT molecular complexity index is 748. The number of hydrogen-bond acceptors (Lipinski definition) is 3. The molecule has 1 aliphatic rings. The quantitative estimate of drug-likeness (QED) is 0.636. The maximum atomic E-state index is 5.94. The third-order valence-corrected chi connectivity index (χ3v) is 4.29. The van der Waals surface area contributed by atoms with Crippen molar-refractivity contribution in [1.82, 2.24) is 5.06 Å². The molecule has 0 bridgehead atoms. The van der Waals surface area contributed by atoms with E-state index >= 15 is 0 Å². The summed E-state index contributed by atoms with van der Waals surface area (Å²) >= 11 is 0. The topological polar surface area (TPSA) is 24.8 Å². The first-order valence-corrected chi connectivity index (χ1v) is 8.06. The van der Waals surface area contributed by atoms with Gasteiger partial charge in [-0.05, 0) is 28.8 Å². The highest BCUT2D eigenvalue weighted by molar-refractivity contribution is 5.34. The fourth-order valence-electron chi connectivity index (χ4n) is 3.02. The van der Waals surface area contributed by atoms with E-state index in [-0.39, 0.29) is 12.3 Å². The van der Waals surface area contributed by atoms with Crippen LogP contribution in [0, 0.1) is 0 Å². The van der Waals surface area contributed by atoms with Crippen LogP contribution in [0.3, 0.4) is 0 Å². The first-order valence-electron chi connectivity index (χ1n) is 8.06. The molecular formula is C21H19NO2. The minimum atomic E-state index is -0.0266. The Kier molecular flexibility index (Phi) is 4.03. The number of hydrogen-bond donors (Lipinski definition) is 0. The lowest BCUT2D eigenvalue weighted by atomic mass is 9.98. The van der Waals surface area contributed by atoms with Gasteiger partial charge in [0.05, 0.1) is 13.2 Å². The van der Waals surface area contributed by atoms with Gasteiger partial charge < -0.3 is 4.74 Å². The third-order valence-electron chi connectivity index (χ3n) is 4.29. The van der Waals surface area contributed by atoms with E-state index in [1.54, 1.807) is 7.11 Å². The van der Waals surface area contributed by atoms with Crippen molar-refractivity contribution in [1.29, 1.82) is 0 Å². The van der Waals surface area contributed by atoms with Crippen LogP contribution < -0.4 is 4.74 Å². The molecule has 2 atom stereocenters. The zero-order valence-corrected chi connectivity index (χ0v) is 13.5. The second kappa shape index (κ2) is 6.48. The van der Waals surface area contributed by atoms with Gasteiger partial charge in [0.2, 0.25) is 0 Å². The van der Waals surface area contributed by atoms with Crippen LogP contribution in [0.15, 0.2) is 84.9 Å². The molecule has 0 saturated carbocycles. The van der Waals surface area contributed by atoms with Gasteiger partial charge in [-0.2, -0.15) is 0 Å². The summed E-state index contributed by atoms with van der Waals surface area (Å²) in [7, 11) is 1.68. The van der Waals surface area contributed by atoms with E-state index in [2.05, 4.69) is 60.7 Å². The zero-order valence-electron chi connectivity index (χ0n) is 13.5. The number of rotatable bonds is 5. The molecule has 3 nitrogen and oxygen atoms in total. The lowest BCUT2D eigenvalue weighted by Crippen LogP contribution is -2.11. The van der Waals surface area contributed by atoms with Crippen molar-refractivity contribution in [3.8, 4) is 5.75 Å². The molecular weight excluding hydrogens is 298 g/mol. The first kappa shape index (κ1) is 14.9. The predicted octanol–water partition coefficient (Wildman–Crippen LogP) is 4.73. The Morgan fingerprint density at radius 1 is 0.792 bits per heavy atom. The SMILES string of the molecule is COc1ccc(C2ON2C(c2ccccc2)c2ccccc2)cc1. The van der Waals surface area contributed by atoms with Crippen LogP contribution >= 0.6 is 0 Å². The Balaban J connectivity index is 1.63. The fourth-order valence-corrected chi connectivity index (χ4v) is 3.02. The van der Waals surface area contributed by atoms with E-state index in [4.69, 9.17) is 9.57 Å². The highest BCUT2D eigenvalue weighted by atomic mass is 16.8. The van der Waals surface area contributed by atoms with Crippen LogP contribution in [0.25, 0.3) is 0 Å². The number of ether oxygens (including phenoxy) is 1. The van der Waals surface area contributed by atoms with Crippen molar-refractivity contribution < 1.29 is 9.57 Å². The largest absolute Gasteiger partial charge is 0.497 e. The Morgan fingerprint density at radius 3 is 1.83 bits per heavy atom. The zero-order chi connectivity index (χ0) is 16.4. The lowest BCUT2D eigenvalue weighted by molar-refractivity contribution is 0.165. The molecule has 2 unspecified atom stereocenters. The van der Waals surface area contributed by atoms with Gasteiger partial charge in [0.15, 0.2) is 6.23 Å². The number of hydroxylamine groups is 2. The van der Waals surface area contributed by atoms with Gasteiger partial charge in [-0.15, -0.1) is 5.06 Å². The highest BCUT2D eigenvalue weighted by Gasteiger charge is 2.44. The van der Waals surface area contributed by atoms with Crippen molar-refractivity contribution in [2.75, 3.05) is 7.11 Å². The molecule has 0 spiro atoms. The molecule has 3 heteroatoms. The van der Waals surface area contributed by atoms with Crippen LogP contribution in [0.5, 0.6) is 5.75 Å². The number of benzene rings is 3. The van der Waals surface area contributed by atoms with Gasteiger partial charge in [-0.1, -0.05) is 72.8 Å². The molecule has 0 aliphatic carbocycles. The number of methoxy groups -OCH3 is 1. The van der Waals surface area contributed by atoms with Crippen molar-refractivity contribution >= 4 is 0 Å². The van der Waals surface area contributed by atoms with Gasteiger partial charge in [0.25, 0.3) is 0 Å². The van der Waals surface area contributed by atoms with Crippen molar-refractivity contribution in [3.05, 3.63) is 102 Å². The summed E-state index contributed by atoms with van der Waals surface area (Å²) in [6, 6.07) is 29.0.